The van der Waals surface area contributed by atoms with Crippen LogP contribution in [0.25, 0.3) is 0 Å². The van der Waals surface area contributed by atoms with E-state index in [-0.39, 0.29) is 0 Å². The number of aromatic nitrogens is 2. The van der Waals surface area contributed by atoms with Crippen molar-refractivity contribution >= 4 is 0 Å². The van der Waals surface area contributed by atoms with Crippen LogP contribution in [0, 0.1) is 6.92 Å². The zero-order valence-corrected chi connectivity index (χ0v) is 12.1. The van der Waals surface area contributed by atoms with Gasteiger partial charge in [0.25, 0.3) is 0 Å². The largest absolute Gasteiger partial charge is 0.309 e. The molecule has 19 heavy (non-hydrogen) atoms. The van der Waals surface area contributed by atoms with Crippen molar-refractivity contribution in [3.63, 3.8) is 0 Å². The third-order valence-corrected chi connectivity index (χ3v) is 3.44. The van der Waals surface area contributed by atoms with Crippen LogP contribution < -0.4 is 5.32 Å². The van der Waals surface area contributed by atoms with Crippen LogP contribution in [0.1, 0.15) is 30.3 Å². The Morgan fingerprint density at radius 2 is 2.00 bits per heavy atom. The molecule has 1 N–H and O–H groups in total. The van der Waals surface area contributed by atoms with Gasteiger partial charge in [-0.15, -0.1) is 0 Å². The van der Waals surface area contributed by atoms with E-state index in [9.17, 15) is 0 Å². The first kappa shape index (κ1) is 13.8. The maximum Gasteiger partial charge on any atom is 0.0597 e. The second kappa shape index (κ2) is 6.53. The molecule has 1 aromatic heterocycles. The van der Waals surface area contributed by atoms with E-state index < -0.39 is 0 Å². The molecule has 0 aliphatic heterocycles. The van der Waals surface area contributed by atoms with Crippen LogP contribution in [0.3, 0.4) is 0 Å². The monoisotopic (exact) mass is 257 g/mol. The Kier molecular flexibility index (Phi) is 4.74. The number of aryl methyl sites for hydroxylation is 3. The summed E-state index contributed by atoms with van der Waals surface area (Å²) < 4.78 is 1.95. The number of hydrogen-bond acceptors (Lipinski definition) is 2. The van der Waals surface area contributed by atoms with Gasteiger partial charge in [-0.2, -0.15) is 5.10 Å². The Morgan fingerprint density at radius 1 is 1.26 bits per heavy atom. The van der Waals surface area contributed by atoms with Crippen LogP contribution in [0.4, 0.5) is 0 Å². The summed E-state index contributed by atoms with van der Waals surface area (Å²) in [6.07, 6.45) is 2.28. The van der Waals surface area contributed by atoms with Crippen molar-refractivity contribution in [1.82, 2.24) is 15.1 Å². The molecule has 0 aliphatic rings. The molecule has 3 heteroatoms. The lowest BCUT2D eigenvalue weighted by molar-refractivity contribution is 0.499. The first-order valence-corrected chi connectivity index (χ1v) is 6.92. The summed E-state index contributed by atoms with van der Waals surface area (Å²) in [7, 11) is 2.00. The fourth-order valence-corrected chi connectivity index (χ4v) is 2.24. The van der Waals surface area contributed by atoms with E-state index in [1.165, 1.54) is 11.3 Å². The van der Waals surface area contributed by atoms with E-state index in [0.29, 0.717) is 6.04 Å². The first-order chi connectivity index (χ1) is 9.15. The summed E-state index contributed by atoms with van der Waals surface area (Å²) in [5.74, 6) is 0. The maximum absolute atomic E-state index is 4.36. The van der Waals surface area contributed by atoms with Gasteiger partial charge in [0.05, 0.1) is 11.4 Å². The van der Waals surface area contributed by atoms with Gasteiger partial charge in [0.1, 0.15) is 0 Å². The van der Waals surface area contributed by atoms with Gasteiger partial charge in [0.15, 0.2) is 0 Å². The lowest BCUT2D eigenvalue weighted by Gasteiger charge is -2.13. The minimum Gasteiger partial charge on any atom is -0.309 e. The van der Waals surface area contributed by atoms with E-state index in [0.717, 1.165) is 25.1 Å². The molecule has 1 aromatic carbocycles. The number of nitrogens with one attached hydrogen (secondary N) is 1. The van der Waals surface area contributed by atoms with Gasteiger partial charge in [0, 0.05) is 19.6 Å². The van der Waals surface area contributed by atoms with E-state index >= 15 is 0 Å². The molecule has 2 aromatic rings. The van der Waals surface area contributed by atoms with Crippen molar-refractivity contribution in [2.45, 2.75) is 39.3 Å². The van der Waals surface area contributed by atoms with Gasteiger partial charge < -0.3 is 5.32 Å². The molecule has 1 heterocycles. The highest BCUT2D eigenvalue weighted by Gasteiger charge is 2.05. The van der Waals surface area contributed by atoms with Crippen LogP contribution in [-0.4, -0.2) is 15.8 Å². The zero-order valence-electron chi connectivity index (χ0n) is 12.1. The van der Waals surface area contributed by atoms with Crippen molar-refractivity contribution < 1.29 is 0 Å². The molecule has 102 valence electrons. The Hall–Kier alpha value is -1.61. The minimum atomic E-state index is 0.510. The molecular formula is C16H23N3. The third kappa shape index (κ3) is 4.21. The second-order valence-corrected chi connectivity index (χ2v) is 5.21. The standard InChI is InChI=1S/C16H23N3/c1-13(9-10-15-7-5-4-6-8-15)17-12-16-11-14(2)18-19(16)3/h4-8,11,13,17H,9-10,12H2,1-3H3. The number of benzene rings is 1. The average Bonchev–Trinajstić information content (AvgIpc) is 2.73. The molecule has 1 unspecified atom stereocenters. The van der Waals surface area contributed by atoms with E-state index in [1.54, 1.807) is 0 Å². The van der Waals surface area contributed by atoms with Crippen LogP contribution in [-0.2, 0) is 20.0 Å². The molecule has 0 amide bonds. The maximum atomic E-state index is 4.36. The van der Waals surface area contributed by atoms with Gasteiger partial charge in [-0.3, -0.25) is 4.68 Å². The molecule has 0 spiro atoms. The Balaban J connectivity index is 1.76. The molecule has 0 aliphatic carbocycles. The molecule has 0 bridgehead atoms. The van der Waals surface area contributed by atoms with E-state index in [2.05, 4.69) is 53.7 Å². The van der Waals surface area contributed by atoms with Gasteiger partial charge in [-0.25, -0.2) is 0 Å². The summed E-state index contributed by atoms with van der Waals surface area (Å²) in [5, 5.41) is 7.92. The Bertz CT molecular complexity index is 502. The molecule has 2 rings (SSSR count). The van der Waals surface area contributed by atoms with Crippen LogP contribution in [0.5, 0.6) is 0 Å². The highest BCUT2D eigenvalue weighted by Crippen LogP contribution is 2.06. The molecule has 0 fully saturated rings. The predicted molar refractivity (Wildman–Crippen MR) is 79.0 cm³/mol. The highest BCUT2D eigenvalue weighted by molar-refractivity contribution is 5.14. The van der Waals surface area contributed by atoms with Crippen molar-refractivity contribution in [2.75, 3.05) is 0 Å². The van der Waals surface area contributed by atoms with E-state index in [1.807, 2.05) is 18.7 Å². The first-order valence-electron chi connectivity index (χ1n) is 6.92. The summed E-state index contributed by atoms with van der Waals surface area (Å²) in [6.45, 7) is 5.15. The highest BCUT2D eigenvalue weighted by atomic mass is 15.3. The van der Waals surface area contributed by atoms with Crippen molar-refractivity contribution in [2.24, 2.45) is 7.05 Å². The lowest BCUT2D eigenvalue weighted by atomic mass is 10.1. The van der Waals surface area contributed by atoms with Crippen LogP contribution >= 0.6 is 0 Å². The van der Waals surface area contributed by atoms with Crippen LogP contribution in [0.15, 0.2) is 36.4 Å². The Labute approximate surface area is 115 Å². The van der Waals surface area contributed by atoms with Crippen LogP contribution in [0.2, 0.25) is 0 Å². The van der Waals surface area contributed by atoms with Gasteiger partial charge in [-0.1, -0.05) is 30.3 Å². The van der Waals surface area contributed by atoms with Gasteiger partial charge >= 0.3 is 0 Å². The minimum absolute atomic E-state index is 0.510. The summed E-state index contributed by atoms with van der Waals surface area (Å²) in [6, 6.07) is 13.3. The predicted octanol–water partition coefficient (Wildman–Crippen LogP) is 2.84. The summed E-state index contributed by atoms with van der Waals surface area (Å²) >= 11 is 0. The molecule has 3 nitrogen and oxygen atoms in total. The second-order valence-electron chi connectivity index (χ2n) is 5.21. The molecule has 0 radical (unpaired) electrons. The molecular weight excluding hydrogens is 234 g/mol. The normalized spacial score (nSPS) is 12.6. The fourth-order valence-electron chi connectivity index (χ4n) is 2.24. The summed E-state index contributed by atoms with van der Waals surface area (Å²) in [4.78, 5) is 0. The van der Waals surface area contributed by atoms with Gasteiger partial charge in [0.2, 0.25) is 0 Å². The SMILES string of the molecule is Cc1cc(CNC(C)CCc2ccccc2)n(C)n1. The molecule has 0 saturated carbocycles. The lowest BCUT2D eigenvalue weighted by Crippen LogP contribution is -2.26. The quantitative estimate of drug-likeness (QED) is 0.862. The zero-order chi connectivity index (χ0) is 13.7. The smallest absolute Gasteiger partial charge is 0.0597 e. The van der Waals surface area contributed by atoms with Crippen molar-refractivity contribution in [1.29, 1.82) is 0 Å². The summed E-state index contributed by atoms with van der Waals surface area (Å²) in [5.41, 5.74) is 3.73. The fraction of sp³-hybridized carbons (Fsp3) is 0.438. The number of nitrogens with zero attached hydrogens (tertiary/aromatic N) is 2. The Morgan fingerprint density at radius 3 is 2.63 bits per heavy atom. The van der Waals surface area contributed by atoms with Gasteiger partial charge in [-0.05, 0) is 38.3 Å². The molecule has 1 atom stereocenters. The average molecular weight is 257 g/mol. The number of hydrogen-bond donors (Lipinski definition) is 1. The molecule has 0 saturated heterocycles. The van der Waals surface area contributed by atoms with Crippen molar-refractivity contribution in [3.05, 3.63) is 53.3 Å². The topological polar surface area (TPSA) is 29.9 Å². The van der Waals surface area contributed by atoms with E-state index in [4.69, 9.17) is 0 Å². The number of rotatable bonds is 6. The van der Waals surface area contributed by atoms with Crippen molar-refractivity contribution in [3.8, 4) is 0 Å². The third-order valence-electron chi connectivity index (χ3n) is 3.44.